The summed E-state index contributed by atoms with van der Waals surface area (Å²) in [5.41, 5.74) is 13.9. The molecule has 1 aliphatic heterocycles. The van der Waals surface area contributed by atoms with Crippen molar-refractivity contribution in [3.8, 4) is 0 Å². The van der Waals surface area contributed by atoms with Crippen LogP contribution in [0.15, 0.2) is 132 Å². The number of para-hydroxylation sites is 1. The van der Waals surface area contributed by atoms with Gasteiger partial charge in [0.2, 0.25) is 0 Å². The summed E-state index contributed by atoms with van der Waals surface area (Å²) in [6.07, 6.45) is 9.48. The lowest BCUT2D eigenvalue weighted by atomic mass is 9.78. The maximum atomic E-state index is 5.34. The molecule has 0 amide bonds. The second kappa shape index (κ2) is 8.73. The highest BCUT2D eigenvalue weighted by Gasteiger charge is 2.37. The van der Waals surface area contributed by atoms with Gasteiger partial charge >= 0.3 is 0 Å². The largest absolute Gasteiger partial charge is 0.313 e. The van der Waals surface area contributed by atoms with Crippen molar-refractivity contribution in [2.75, 3.05) is 0 Å². The lowest BCUT2D eigenvalue weighted by Gasteiger charge is -2.22. The van der Waals surface area contributed by atoms with Gasteiger partial charge in [0, 0.05) is 28.3 Å². The Morgan fingerprint density at radius 1 is 0.737 bits per heavy atom. The van der Waals surface area contributed by atoms with E-state index in [1.54, 1.807) is 0 Å². The van der Waals surface area contributed by atoms with Gasteiger partial charge in [0.25, 0.3) is 0 Å². The molecule has 0 bridgehead atoms. The number of fused-ring (bicyclic) bond motifs is 5. The molecular formula is C36H28N2. The first kappa shape index (κ1) is 22.5. The highest BCUT2D eigenvalue weighted by atomic mass is 15.0. The lowest BCUT2D eigenvalue weighted by Crippen LogP contribution is -2.26. The Bertz CT molecular complexity index is 1870. The van der Waals surface area contributed by atoms with Gasteiger partial charge in [0.1, 0.15) is 0 Å². The summed E-state index contributed by atoms with van der Waals surface area (Å²) in [5.74, 6) is 0. The van der Waals surface area contributed by atoms with Gasteiger partial charge in [0.05, 0.1) is 22.4 Å². The Morgan fingerprint density at radius 2 is 1.45 bits per heavy atom. The van der Waals surface area contributed by atoms with Crippen molar-refractivity contribution < 1.29 is 0 Å². The van der Waals surface area contributed by atoms with E-state index in [0.717, 1.165) is 23.4 Å². The van der Waals surface area contributed by atoms with Crippen molar-refractivity contribution in [3.05, 3.63) is 144 Å². The second-order valence-corrected chi connectivity index (χ2v) is 10.5. The smallest absolute Gasteiger partial charge is 0.0775 e. The number of hydrogen-bond donors (Lipinski definition) is 0. The summed E-state index contributed by atoms with van der Waals surface area (Å²) in [6, 6.07) is 34.4. The third kappa shape index (κ3) is 3.46. The fourth-order valence-corrected chi connectivity index (χ4v) is 5.96. The molecule has 1 aliphatic carbocycles. The Labute approximate surface area is 223 Å². The van der Waals surface area contributed by atoms with Crippen molar-refractivity contribution >= 4 is 44.5 Å². The summed E-state index contributed by atoms with van der Waals surface area (Å²) < 4.78 is 2.41. The molecule has 2 aliphatic rings. The summed E-state index contributed by atoms with van der Waals surface area (Å²) in [7, 11) is 0. The average molecular weight is 489 g/mol. The fraction of sp³-hybridized carbons (Fsp3) is 0.111. The van der Waals surface area contributed by atoms with E-state index in [-0.39, 0.29) is 5.41 Å². The Balaban J connectivity index is 1.47. The lowest BCUT2D eigenvalue weighted by molar-refractivity contribution is 0.738. The highest BCUT2D eigenvalue weighted by Crippen LogP contribution is 2.49. The normalized spacial score (nSPS) is 18.8. The van der Waals surface area contributed by atoms with Gasteiger partial charge < -0.3 is 4.57 Å². The molecule has 182 valence electrons. The SMILES string of the molecule is CC1(C)C(c2ccccc2)=Nc2c1ccc1c2c2ccccc2n1/C1=C/C=C(/c2ccccc2)C=C=CC1. The van der Waals surface area contributed by atoms with Crippen LogP contribution in [0.25, 0.3) is 33.1 Å². The molecular weight excluding hydrogens is 460 g/mol. The first-order valence-electron chi connectivity index (χ1n) is 13.2. The van der Waals surface area contributed by atoms with E-state index in [9.17, 15) is 0 Å². The van der Waals surface area contributed by atoms with Crippen LogP contribution < -0.4 is 0 Å². The fourth-order valence-electron chi connectivity index (χ4n) is 5.96. The standard InChI is InChI=1S/C36H28N2/c1-36(2)30-23-24-32-33(34(30)37-35(36)27-16-7-4-8-17-27)29-19-11-12-20-31(29)38(32)28-18-10-9-15-26(21-22-28)25-13-5-3-6-14-25/h3-8,10-17,19-24H,18H2,1-2H3/b26-21+,28-22+. The maximum absolute atomic E-state index is 5.34. The molecule has 0 saturated heterocycles. The summed E-state index contributed by atoms with van der Waals surface area (Å²) >= 11 is 0. The molecule has 5 aromatic rings. The van der Waals surface area contributed by atoms with Crippen LogP contribution in [0.3, 0.4) is 0 Å². The third-order valence-corrected chi connectivity index (χ3v) is 7.86. The Morgan fingerprint density at radius 3 is 2.24 bits per heavy atom. The maximum Gasteiger partial charge on any atom is 0.0775 e. The van der Waals surface area contributed by atoms with Crippen LogP contribution >= 0.6 is 0 Å². The molecule has 0 spiro atoms. The Kier molecular flexibility index (Phi) is 5.18. The molecule has 2 nitrogen and oxygen atoms in total. The highest BCUT2D eigenvalue weighted by molar-refractivity contribution is 6.21. The van der Waals surface area contributed by atoms with E-state index in [2.05, 4.69) is 146 Å². The monoisotopic (exact) mass is 488 g/mol. The first-order chi connectivity index (χ1) is 18.6. The van der Waals surface area contributed by atoms with Crippen LogP contribution in [0.4, 0.5) is 5.69 Å². The van der Waals surface area contributed by atoms with Gasteiger partial charge in [-0.2, -0.15) is 0 Å². The number of rotatable bonds is 3. The van der Waals surface area contributed by atoms with Crippen molar-refractivity contribution in [3.63, 3.8) is 0 Å². The molecule has 1 aromatic heterocycles. The minimum absolute atomic E-state index is 0.172. The van der Waals surface area contributed by atoms with Gasteiger partial charge in [-0.05, 0) is 52.6 Å². The zero-order valence-electron chi connectivity index (χ0n) is 21.6. The molecule has 0 saturated carbocycles. The first-order valence-corrected chi connectivity index (χ1v) is 13.2. The van der Waals surface area contributed by atoms with Gasteiger partial charge in [-0.3, -0.25) is 4.99 Å². The number of hydrogen-bond acceptors (Lipinski definition) is 1. The van der Waals surface area contributed by atoms with Gasteiger partial charge in [0.15, 0.2) is 0 Å². The quantitative estimate of drug-likeness (QED) is 0.225. The van der Waals surface area contributed by atoms with E-state index < -0.39 is 0 Å². The van der Waals surface area contributed by atoms with Crippen LogP contribution in [-0.2, 0) is 5.41 Å². The van der Waals surface area contributed by atoms with Crippen LogP contribution in [0.5, 0.6) is 0 Å². The summed E-state index contributed by atoms with van der Waals surface area (Å²) in [5, 5.41) is 2.47. The molecule has 2 heteroatoms. The minimum atomic E-state index is -0.172. The molecule has 4 aromatic carbocycles. The van der Waals surface area contributed by atoms with Crippen LogP contribution in [-0.4, -0.2) is 10.3 Å². The number of allylic oxidation sites excluding steroid dienone is 5. The molecule has 0 atom stereocenters. The zero-order chi connectivity index (χ0) is 25.7. The van der Waals surface area contributed by atoms with Crippen molar-refractivity contribution in [1.29, 1.82) is 0 Å². The molecule has 0 radical (unpaired) electrons. The van der Waals surface area contributed by atoms with E-state index in [1.165, 1.54) is 44.2 Å². The van der Waals surface area contributed by atoms with E-state index in [0.29, 0.717) is 0 Å². The van der Waals surface area contributed by atoms with Crippen molar-refractivity contribution in [1.82, 2.24) is 4.57 Å². The zero-order valence-corrected chi connectivity index (χ0v) is 21.6. The summed E-state index contributed by atoms with van der Waals surface area (Å²) in [6.45, 7) is 4.58. The number of aliphatic imine (C=N–C) groups is 1. The van der Waals surface area contributed by atoms with Gasteiger partial charge in [-0.25, -0.2) is 0 Å². The average Bonchev–Trinajstić information content (AvgIpc) is 3.41. The van der Waals surface area contributed by atoms with Gasteiger partial charge in [-0.15, -0.1) is 5.73 Å². The minimum Gasteiger partial charge on any atom is -0.313 e. The van der Waals surface area contributed by atoms with Crippen molar-refractivity contribution in [2.45, 2.75) is 25.7 Å². The van der Waals surface area contributed by atoms with Crippen LogP contribution in [0, 0.1) is 0 Å². The third-order valence-electron chi connectivity index (χ3n) is 7.86. The predicted octanol–water partition coefficient (Wildman–Crippen LogP) is 9.25. The summed E-state index contributed by atoms with van der Waals surface area (Å²) in [4.78, 5) is 5.34. The topological polar surface area (TPSA) is 17.3 Å². The number of benzene rings is 4. The molecule has 0 N–H and O–H groups in total. The molecule has 0 unspecified atom stereocenters. The van der Waals surface area contributed by atoms with Crippen LogP contribution in [0.2, 0.25) is 0 Å². The molecule has 0 fully saturated rings. The van der Waals surface area contributed by atoms with Gasteiger partial charge in [-0.1, -0.05) is 105 Å². The van der Waals surface area contributed by atoms with E-state index in [1.807, 2.05) is 0 Å². The number of aromatic nitrogens is 1. The predicted molar refractivity (Wildman–Crippen MR) is 161 cm³/mol. The van der Waals surface area contributed by atoms with E-state index in [4.69, 9.17) is 4.99 Å². The molecule has 2 heterocycles. The molecule has 38 heavy (non-hydrogen) atoms. The molecule has 7 rings (SSSR count). The van der Waals surface area contributed by atoms with Crippen molar-refractivity contribution in [2.24, 2.45) is 4.99 Å². The Hall–Kier alpha value is -4.65. The number of nitrogens with zero attached hydrogens (tertiary/aromatic N) is 2. The second-order valence-electron chi connectivity index (χ2n) is 10.5. The van der Waals surface area contributed by atoms with Crippen LogP contribution in [0.1, 0.15) is 37.0 Å². The van der Waals surface area contributed by atoms with E-state index >= 15 is 0 Å².